The van der Waals surface area contributed by atoms with Gasteiger partial charge in [0.1, 0.15) is 5.82 Å². The molecule has 35 heavy (non-hydrogen) atoms. The van der Waals surface area contributed by atoms with Crippen LogP contribution in [-0.2, 0) is 22.4 Å². The van der Waals surface area contributed by atoms with E-state index in [4.69, 9.17) is 9.72 Å². The number of benzene rings is 2. The SMILES string of the molecule is CO[C@@H]1CN(C[C@H]2Cc3ccc(NC(=O)C(C)C)cc3C2)CC[C@H]1n1c(C)nc2cc(C)ccc21. The fourth-order valence-corrected chi connectivity index (χ4v) is 5.98. The number of carbonyl (C=O) groups excluding carboxylic acids is 1. The lowest BCUT2D eigenvalue weighted by molar-refractivity contribution is -0.118. The van der Waals surface area contributed by atoms with Crippen molar-refractivity contribution in [3.63, 3.8) is 0 Å². The number of nitrogens with one attached hydrogen (secondary N) is 1. The number of ether oxygens (including phenoxy) is 1. The van der Waals surface area contributed by atoms with Gasteiger partial charge in [-0.3, -0.25) is 4.79 Å². The predicted octanol–water partition coefficient (Wildman–Crippen LogP) is 4.92. The van der Waals surface area contributed by atoms with Gasteiger partial charge in [-0.05, 0) is 80.0 Å². The Kier molecular flexibility index (Phi) is 6.69. The number of piperidine rings is 1. The van der Waals surface area contributed by atoms with Gasteiger partial charge in [0.15, 0.2) is 0 Å². The number of rotatable bonds is 6. The molecule has 2 aromatic carbocycles. The van der Waals surface area contributed by atoms with Crippen molar-refractivity contribution in [1.29, 1.82) is 0 Å². The number of carbonyl (C=O) groups is 1. The largest absolute Gasteiger partial charge is 0.378 e. The second kappa shape index (κ2) is 9.75. The molecule has 1 aromatic heterocycles. The molecule has 1 amide bonds. The zero-order valence-corrected chi connectivity index (χ0v) is 21.7. The van der Waals surface area contributed by atoms with Crippen LogP contribution < -0.4 is 5.32 Å². The van der Waals surface area contributed by atoms with Crippen molar-refractivity contribution in [3.8, 4) is 0 Å². The standard InChI is InChI=1S/C29H38N4O2/c1-18(2)29(34)31-24-8-7-22-13-21(14-23(22)15-24)16-32-11-10-27(28(17-32)35-5)33-20(4)30-25-12-19(3)6-9-26(25)33/h6-9,12,15,18,21,27-28H,10-11,13-14,16-17H2,1-5H3,(H,31,34)/t21-,27+,28+/m0/s1. The molecule has 3 atom stereocenters. The van der Waals surface area contributed by atoms with E-state index in [1.54, 1.807) is 0 Å². The minimum absolute atomic E-state index is 0.0131. The van der Waals surface area contributed by atoms with Crippen LogP contribution in [0.2, 0.25) is 0 Å². The third kappa shape index (κ3) is 4.87. The van der Waals surface area contributed by atoms with Gasteiger partial charge in [-0.2, -0.15) is 0 Å². The number of aromatic nitrogens is 2. The molecule has 0 bridgehead atoms. The van der Waals surface area contributed by atoms with Crippen LogP contribution in [-0.4, -0.2) is 53.2 Å². The molecular formula is C29H38N4O2. The molecule has 0 unspecified atom stereocenters. The third-order valence-electron chi connectivity index (χ3n) is 7.80. The lowest BCUT2D eigenvalue weighted by atomic mass is 9.98. The monoisotopic (exact) mass is 474 g/mol. The summed E-state index contributed by atoms with van der Waals surface area (Å²) < 4.78 is 8.45. The molecule has 3 aromatic rings. The van der Waals surface area contributed by atoms with Crippen LogP contribution in [0.15, 0.2) is 36.4 Å². The first-order valence-corrected chi connectivity index (χ1v) is 13.0. The average Bonchev–Trinajstić information content (AvgIpc) is 3.37. The lowest BCUT2D eigenvalue weighted by Crippen LogP contribution is -2.47. The Morgan fingerprint density at radius 2 is 1.94 bits per heavy atom. The topological polar surface area (TPSA) is 59.4 Å². The van der Waals surface area contributed by atoms with Crippen LogP contribution in [0.1, 0.15) is 48.8 Å². The summed E-state index contributed by atoms with van der Waals surface area (Å²) in [6, 6.07) is 13.3. The molecule has 6 nitrogen and oxygen atoms in total. The van der Waals surface area contributed by atoms with E-state index >= 15 is 0 Å². The predicted molar refractivity (Wildman–Crippen MR) is 141 cm³/mol. The zero-order valence-electron chi connectivity index (χ0n) is 21.7. The van der Waals surface area contributed by atoms with E-state index < -0.39 is 0 Å². The van der Waals surface area contributed by atoms with Crippen LogP contribution >= 0.6 is 0 Å². The summed E-state index contributed by atoms with van der Waals surface area (Å²) in [6.45, 7) is 11.2. The fraction of sp³-hybridized carbons (Fsp3) is 0.517. The van der Waals surface area contributed by atoms with Gasteiger partial charge in [-0.15, -0.1) is 0 Å². The molecule has 2 aliphatic rings. The van der Waals surface area contributed by atoms with Crippen molar-refractivity contribution in [2.45, 2.75) is 59.1 Å². The van der Waals surface area contributed by atoms with Gasteiger partial charge < -0.3 is 19.5 Å². The number of likely N-dealkylation sites (tertiary alicyclic amines) is 1. The summed E-state index contributed by atoms with van der Waals surface area (Å²) in [7, 11) is 1.85. The number of fused-ring (bicyclic) bond motifs is 2. The number of anilines is 1. The average molecular weight is 475 g/mol. The van der Waals surface area contributed by atoms with Gasteiger partial charge in [-0.25, -0.2) is 4.98 Å². The van der Waals surface area contributed by atoms with Gasteiger partial charge in [0.2, 0.25) is 5.91 Å². The van der Waals surface area contributed by atoms with Crippen LogP contribution in [0.4, 0.5) is 5.69 Å². The highest BCUT2D eigenvalue weighted by Gasteiger charge is 2.34. The summed E-state index contributed by atoms with van der Waals surface area (Å²) >= 11 is 0. The summed E-state index contributed by atoms with van der Waals surface area (Å²) in [6.07, 6.45) is 3.38. The first-order chi connectivity index (χ1) is 16.8. The van der Waals surface area contributed by atoms with E-state index in [0.717, 1.165) is 55.9 Å². The highest BCUT2D eigenvalue weighted by molar-refractivity contribution is 5.92. The third-order valence-corrected chi connectivity index (χ3v) is 7.80. The van der Waals surface area contributed by atoms with Crippen molar-refractivity contribution in [2.75, 3.05) is 32.1 Å². The Labute approximate surface area is 208 Å². The van der Waals surface area contributed by atoms with Gasteiger partial charge in [0.25, 0.3) is 0 Å². The number of imidazole rings is 1. The van der Waals surface area contributed by atoms with Crippen LogP contribution in [0.5, 0.6) is 0 Å². The normalized spacial score (nSPS) is 22.6. The summed E-state index contributed by atoms with van der Waals surface area (Å²) in [5.41, 5.74) is 7.25. The first kappa shape index (κ1) is 24.0. The molecule has 1 saturated heterocycles. The van der Waals surface area contributed by atoms with Crippen LogP contribution in [0.3, 0.4) is 0 Å². The quantitative estimate of drug-likeness (QED) is 0.551. The number of hydrogen-bond acceptors (Lipinski definition) is 4. The van der Waals surface area contributed by atoms with Gasteiger partial charge in [0.05, 0.1) is 23.2 Å². The van der Waals surface area contributed by atoms with Crippen molar-refractivity contribution >= 4 is 22.6 Å². The Hall–Kier alpha value is -2.70. The number of aryl methyl sites for hydroxylation is 2. The van der Waals surface area contributed by atoms with Crippen molar-refractivity contribution in [1.82, 2.24) is 14.5 Å². The zero-order chi connectivity index (χ0) is 24.7. The Morgan fingerprint density at radius 3 is 2.71 bits per heavy atom. The van der Waals surface area contributed by atoms with E-state index in [0.29, 0.717) is 12.0 Å². The van der Waals surface area contributed by atoms with Gasteiger partial charge >= 0.3 is 0 Å². The molecule has 1 aliphatic heterocycles. The highest BCUT2D eigenvalue weighted by Crippen LogP contribution is 2.34. The maximum absolute atomic E-state index is 12.1. The van der Waals surface area contributed by atoms with E-state index in [1.807, 2.05) is 27.0 Å². The molecule has 0 radical (unpaired) electrons. The smallest absolute Gasteiger partial charge is 0.226 e. The summed E-state index contributed by atoms with van der Waals surface area (Å²) in [5.74, 6) is 1.73. The number of nitrogens with zero attached hydrogens (tertiary/aromatic N) is 3. The second-order valence-corrected chi connectivity index (χ2v) is 10.8. The van der Waals surface area contributed by atoms with Crippen LogP contribution in [0.25, 0.3) is 11.0 Å². The van der Waals surface area contributed by atoms with Crippen molar-refractivity contribution < 1.29 is 9.53 Å². The minimum atomic E-state index is -0.0131. The van der Waals surface area contributed by atoms with Gasteiger partial charge in [0, 0.05) is 38.3 Å². The first-order valence-electron chi connectivity index (χ1n) is 13.0. The fourth-order valence-electron chi connectivity index (χ4n) is 5.98. The molecule has 0 saturated carbocycles. The molecule has 5 rings (SSSR count). The number of amides is 1. The molecule has 1 N–H and O–H groups in total. The molecule has 1 fully saturated rings. The Balaban J connectivity index is 1.24. The number of methoxy groups -OCH3 is 1. The highest BCUT2D eigenvalue weighted by atomic mass is 16.5. The van der Waals surface area contributed by atoms with Gasteiger partial charge in [-0.1, -0.05) is 26.0 Å². The lowest BCUT2D eigenvalue weighted by Gasteiger charge is -2.40. The molecule has 186 valence electrons. The maximum atomic E-state index is 12.1. The summed E-state index contributed by atoms with van der Waals surface area (Å²) in [4.78, 5) is 19.5. The summed E-state index contributed by atoms with van der Waals surface area (Å²) in [5, 5.41) is 3.05. The molecule has 0 spiro atoms. The maximum Gasteiger partial charge on any atom is 0.226 e. The Morgan fingerprint density at radius 1 is 1.14 bits per heavy atom. The van der Waals surface area contributed by atoms with E-state index in [9.17, 15) is 4.79 Å². The van der Waals surface area contributed by atoms with E-state index in [2.05, 4.69) is 59.0 Å². The van der Waals surface area contributed by atoms with Crippen molar-refractivity contribution in [3.05, 3.63) is 58.9 Å². The molecular weight excluding hydrogens is 436 g/mol. The molecule has 2 heterocycles. The van der Waals surface area contributed by atoms with Crippen LogP contribution in [0, 0.1) is 25.7 Å². The van der Waals surface area contributed by atoms with E-state index in [1.165, 1.54) is 22.2 Å². The van der Waals surface area contributed by atoms with E-state index in [-0.39, 0.29) is 17.9 Å². The Bertz CT molecular complexity index is 1230. The minimum Gasteiger partial charge on any atom is -0.378 e. The second-order valence-electron chi connectivity index (χ2n) is 10.8. The molecule has 6 heteroatoms. The number of hydrogen-bond donors (Lipinski definition) is 1. The molecule has 1 aliphatic carbocycles. The van der Waals surface area contributed by atoms with Crippen molar-refractivity contribution in [2.24, 2.45) is 11.8 Å².